The molecule has 0 aromatic rings. The Bertz CT molecular complexity index is 89.6. The van der Waals surface area contributed by atoms with E-state index in [4.69, 9.17) is 0 Å². The van der Waals surface area contributed by atoms with Gasteiger partial charge in [0.2, 0.25) is 0 Å². The maximum Gasteiger partial charge on any atom is 0.0596 e. The van der Waals surface area contributed by atoms with Gasteiger partial charge < -0.3 is 9.53 Å². The largest absolute Gasteiger partial charge is 0.651 e. The number of rotatable bonds is 2. The fourth-order valence-electron chi connectivity index (χ4n) is 1.25. The van der Waals surface area contributed by atoms with Crippen molar-refractivity contribution in [2.75, 3.05) is 0 Å². The third-order valence-electron chi connectivity index (χ3n) is 1.77. The van der Waals surface area contributed by atoms with Gasteiger partial charge in [0.25, 0.3) is 0 Å². The van der Waals surface area contributed by atoms with Crippen molar-refractivity contribution in [1.82, 2.24) is 0 Å². The van der Waals surface area contributed by atoms with Crippen LogP contribution < -0.4 is 0 Å². The van der Waals surface area contributed by atoms with Crippen LogP contribution in [-0.4, -0.2) is 12.6 Å². The SMILES string of the molecule is O=[C-]OC1CCCCC1.[Zr]. The molecule has 1 fully saturated rings. The van der Waals surface area contributed by atoms with Crippen LogP contribution in [0.4, 0.5) is 0 Å². The first-order valence-corrected chi connectivity index (χ1v) is 3.46. The van der Waals surface area contributed by atoms with E-state index >= 15 is 0 Å². The molecular formula is C7H11O2Zr-. The van der Waals surface area contributed by atoms with Crippen molar-refractivity contribution in [2.45, 2.75) is 38.2 Å². The van der Waals surface area contributed by atoms with Crippen LogP contribution in [0.15, 0.2) is 0 Å². The molecule has 1 aliphatic carbocycles. The third kappa shape index (κ3) is 3.50. The summed E-state index contributed by atoms with van der Waals surface area (Å²) in [5, 5.41) is 0. The Balaban J connectivity index is 0.000000810. The van der Waals surface area contributed by atoms with Gasteiger partial charge in [-0.3, -0.25) is 0 Å². The van der Waals surface area contributed by atoms with Crippen molar-refractivity contribution in [3.8, 4) is 0 Å². The summed E-state index contributed by atoms with van der Waals surface area (Å²) >= 11 is 0. The first kappa shape index (κ1) is 10.4. The Morgan fingerprint density at radius 3 is 2.30 bits per heavy atom. The normalized spacial score (nSPS) is 19.2. The van der Waals surface area contributed by atoms with E-state index in [0.717, 1.165) is 12.8 Å². The summed E-state index contributed by atoms with van der Waals surface area (Å²) in [6.45, 7) is 1.49. The Kier molecular flexibility index (Phi) is 6.30. The van der Waals surface area contributed by atoms with Gasteiger partial charge in [-0.25, -0.2) is 0 Å². The van der Waals surface area contributed by atoms with Gasteiger partial charge in [-0.15, -0.1) is 0 Å². The van der Waals surface area contributed by atoms with Crippen LogP contribution in [0, 0.1) is 0 Å². The van der Waals surface area contributed by atoms with Gasteiger partial charge in [-0.1, -0.05) is 12.9 Å². The molecule has 3 heteroatoms. The zero-order chi connectivity index (χ0) is 6.53. The average molecular weight is 218 g/mol. The maximum atomic E-state index is 9.73. The van der Waals surface area contributed by atoms with Crippen LogP contribution in [-0.2, 0) is 35.7 Å². The Labute approximate surface area is 80.4 Å². The summed E-state index contributed by atoms with van der Waals surface area (Å²) in [7, 11) is 0. The van der Waals surface area contributed by atoms with Crippen LogP contribution in [0.1, 0.15) is 32.1 Å². The summed E-state index contributed by atoms with van der Waals surface area (Å²) in [4.78, 5) is 9.73. The predicted octanol–water partition coefficient (Wildman–Crippen LogP) is 1.40. The van der Waals surface area contributed by atoms with Crippen LogP contribution in [0.25, 0.3) is 0 Å². The molecule has 1 aliphatic rings. The zero-order valence-corrected chi connectivity index (χ0v) is 8.39. The molecule has 0 unspecified atom stereocenters. The second-order valence-electron chi connectivity index (χ2n) is 2.46. The minimum absolute atomic E-state index is 0. The van der Waals surface area contributed by atoms with Gasteiger partial charge in [0.15, 0.2) is 0 Å². The van der Waals surface area contributed by atoms with Crippen molar-refractivity contribution < 1.29 is 35.7 Å². The third-order valence-corrected chi connectivity index (χ3v) is 1.77. The summed E-state index contributed by atoms with van der Waals surface area (Å²) in [6, 6.07) is 0. The van der Waals surface area contributed by atoms with E-state index in [0.29, 0.717) is 0 Å². The quantitative estimate of drug-likeness (QED) is 0.655. The van der Waals surface area contributed by atoms with Gasteiger partial charge in [0, 0.05) is 26.2 Å². The minimum atomic E-state index is 0. The monoisotopic (exact) mass is 217 g/mol. The molecule has 0 atom stereocenters. The van der Waals surface area contributed by atoms with Gasteiger partial charge in [0.05, 0.1) is 6.10 Å². The fourth-order valence-corrected chi connectivity index (χ4v) is 1.25. The smallest absolute Gasteiger partial charge is 0.0596 e. The topological polar surface area (TPSA) is 26.3 Å². The Morgan fingerprint density at radius 1 is 1.20 bits per heavy atom. The number of carbonyl (C=O) groups excluding carboxylic acids is 1. The summed E-state index contributed by atoms with van der Waals surface area (Å²) < 4.78 is 4.68. The molecule has 0 aromatic carbocycles. The van der Waals surface area contributed by atoms with E-state index in [1.54, 1.807) is 0 Å². The van der Waals surface area contributed by atoms with Gasteiger partial charge in [-0.2, -0.15) is 0 Å². The zero-order valence-electron chi connectivity index (χ0n) is 5.93. The van der Waals surface area contributed by atoms with Gasteiger partial charge >= 0.3 is 0 Å². The van der Waals surface area contributed by atoms with Crippen molar-refractivity contribution in [3.63, 3.8) is 0 Å². The molecule has 56 valence electrons. The van der Waals surface area contributed by atoms with Crippen LogP contribution in [0.5, 0.6) is 0 Å². The molecule has 0 bridgehead atoms. The molecule has 2 nitrogen and oxygen atoms in total. The van der Waals surface area contributed by atoms with Crippen molar-refractivity contribution in [2.24, 2.45) is 0 Å². The predicted molar refractivity (Wildman–Crippen MR) is 33.7 cm³/mol. The summed E-state index contributed by atoms with van der Waals surface area (Å²) in [5.41, 5.74) is 0. The first-order valence-electron chi connectivity index (χ1n) is 3.46. The molecule has 0 aromatic heterocycles. The van der Waals surface area contributed by atoms with Crippen molar-refractivity contribution in [3.05, 3.63) is 0 Å². The summed E-state index contributed by atoms with van der Waals surface area (Å²) in [6.07, 6.45) is 5.94. The fraction of sp³-hybridized carbons (Fsp3) is 0.857. The molecular weight excluding hydrogens is 207 g/mol. The molecule has 0 saturated heterocycles. The van der Waals surface area contributed by atoms with E-state index in [1.165, 1.54) is 25.7 Å². The number of hydrogen-bond acceptors (Lipinski definition) is 2. The van der Waals surface area contributed by atoms with E-state index in [9.17, 15) is 4.79 Å². The maximum absolute atomic E-state index is 9.73. The van der Waals surface area contributed by atoms with Crippen molar-refractivity contribution >= 4 is 6.47 Å². The molecule has 1 saturated carbocycles. The molecule has 0 aliphatic heterocycles. The van der Waals surface area contributed by atoms with E-state index in [1.807, 2.05) is 0 Å². The van der Waals surface area contributed by atoms with Crippen LogP contribution in [0.2, 0.25) is 0 Å². The number of ether oxygens (including phenoxy) is 1. The van der Waals surface area contributed by atoms with Gasteiger partial charge in [0.1, 0.15) is 0 Å². The van der Waals surface area contributed by atoms with Gasteiger partial charge in [-0.05, 0) is 25.7 Å². The van der Waals surface area contributed by atoms with E-state index in [-0.39, 0.29) is 32.3 Å². The Morgan fingerprint density at radius 2 is 1.80 bits per heavy atom. The van der Waals surface area contributed by atoms with Crippen LogP contribution >= 0.6 is 0 Å². The summed E-state index contributed by atoms with van der Waals surface area (Å²) in [5.74, 6) is 0. The first-order chi connectivity index (χ1) is 4.43. The molecule has 0 N–H and O–H groups in total. The van der Waals surface area contributed by atoms with E-state index in [2.05, 4.69) is 4.74 Å². The molecule has 10 heavy (non-hydrogen) atoms. The Hall–Kier alpha value is 0.353. The molecule has 0 amide bonds. The number of hydrogen-bond donors (Lipinski definition) is 0. The molecule has 1 rings (SSSR count). The standard InChI is InChI=1S/C7H11O2.Zr/c8-6-9-7-4-2-1-3-5-7;/h7H,1-5H2;/q-1;. The van der Waals surface area contributed by atoms with E-state index < -0.39 is 0 Å². The second-order valence-corrected chi connectivity index (χ2v) is 2.46. The minimum Gasteiger partial charge on any atom is -0.651 e. The second kappa shape index (κ2) is 6.09. The molecule has 0 radical (unpaired) electrons. The average Bonchev–Trinajstić information content (AvgIpc) is 1.91. The van der Waals surface area contributed by atoms with Crippen LogP contribution in [0.3, 0.4) is 0 Å². The van der Waals surface area contributed by atoms with Crippen molar-refractivity contribution in [1.29, 1.82) is 0 Å². The molecule has 0 heterocycles. The molecule has 0 spiro atoms.